The van der Waals surface area contributed by atoms with Gasteiger partial charge in [-0.05, 0) is 73.6 Å². The third kappa shape index (κ3) is 5.96. The summed E-state index contributed by atoms with van der Waals surface area (Å²) in [6, 6.07) is 17.9. The summed E-state index contributed by atoms with van der Waals surface area (Å²) in [7, 11) is 0. The highest BCUT2D eigenvalue weighted by Gasteiger charge is 2.12. The van der Waals surface area contributed by atoms with E-state index in [0.717, 1.165) is 37.9 Å². The van der Waals surface area contributed by atoms with E-state index < -0.39 is 0 Å². The molecule has 0 bridgehead atoms. The number of anilines is 2. The SMILES string of the molecule is CCCCc1ccc(NC(=O)/C(C#N)=C/c2ccc(N3CCCCC3)cc2)cc1. The Bertz CT molecular complexity index is 870. The van der Waals surface area contributed by atoms with Crippen LogP contribution in [0.15, 0.2) is 54.1 Å². The highest BCUT2D eigenvalue weighted by Crippen LogP contribution is 2.21. The van der Waals surface area contributed by atoms with Crippen molar-refractivity contribution in [2.45, 2.75) is 45.4 Å². The van der Waals surface area contributed by atoms with Gasteiger partial charge in [0, 0.05) is 24.5 Å². The molecule has 1 fully saturated rings. The largest absolute Gasteiger partial charge is 0.372 e. The number of nitriles is 1. The number of rotatable bonds is 7. The van der Waals surface area contributed by atoms with Crippen LogP contribution in [0, 0.1) is 11.3 Å². The van der Waals surface area contributed by atoms with E-state index in [1.165, 1.54) is 30.5 Å². The van der Waals surface area contributed by atoms with Crippen LogP contribution in [0.3, 0.4) is 0 Å². The first kappa shape index (κ1) is 20.7. The Balaban J connectivity index is 1.64. The number of aryl methyl sites for hydroxylation is 1. The van der Waals surface area contributed by atoms with Crippen LogP contribution in [0.25, 0.3) is 6.08 Å². The minimum absolute atomic E-state index is 0.103. The molecule has 0 aliphatic carbocycles. The van der Waals surface area contributed by atoms with Crippen LogP contribution >= 0.6 is 0 Å². The molecule has 1 aliphatic heterocycles. The van der Waals surface area contributed by atoms with E-state index in [1.807, 2.05) is 42.5 Å². The van der Waals surface area contributed by atoms with Gasteiger partial charge >= 0.3 is 0 Å². The highest BCUT2D eigenvalue weighted by molar-refractivity contribution is 6.09. The molecule has 4 nitrogen and oxygen atoms in total. The lowest BCUT2D eigenvalue weighted by molar-refractivity contribution is -0.112. The van der Waals surface area contributed by atoms with Crippen molar-refractivity contribution in [3.8, 4) is 6.07 Å². The van der Waals surface area contributed by atoms with Crippen molar-refractivity contribution in [1.29, 1.82) is 5.26 Å². The van der Waals surface area contributed by atoms with Gasteiger partial charge in [0.1, 0.15) is 11.6 Å². The molecule has 2 aromatic carbocycles. The molecule has 0 aromatic heterocycles. The topological polar surface area (TPSA) is 56.1 Å². The fourth-order valence-corrected chi connectivity index (χ4v) is 3.58. The summed E-state index contributed by atoms with van der Waals surface area (Å²) in [6.45, 7) is 4.36. The monoisotopic (exact) mass is 387 g/mol. The molecule has 3 rings (SSSR count). The molecular formula is C25H29N3O. The number of carbonyl (C=O) groups excluding carboxylic acids is 1. The average molecular weight is 388 g/mol. The van der Waals surface area contributed by atoms with Crippen LogP contribution in [0.4, 0.5) is 11.4 Å². The molecule has 29 heavy (non-hydrogen) atoms. The van der Waals surface area contributed by atoms with Gasteiger partial charge in [0.15, 0.2) is 0 Å². The summed E-state index contributed by atoms with van der Waals surface area (Å²) >= 11 is 0. The zero-order valence-corrected chi connectivity index (χ0v) is 17.2. The van der Waals surface area contributed by atoms with Gasteiger partial charge in [-0.25, -0.2) is 0 Å². The van der Waals surface area contributed by atoms with Gasteiger partial charge in [0.25, 0.3) is 5.91 Å². The van der Waals surface area contributed by atoms with E-state index in [2.05, 4.69) is 29.3 Å². The molecule has 2 aromatic rings. The number of benzene rings is 2. The Hall–Kier alpha value is -3.06. The Morgan fingerprint density at radius 2 is 1.76 bits per heavy atom. The fourth-order valence-electron chi connectivity index (χ4n) is 3.58. The quantitative estimate of drug-likeness (QED) is 0.499. The maximum atomic E-state index is 12.5. The molecule has 1 heterocycles. The first-order valence-corrected chi connectivity index (χ1v) is 10.6. The minimum Gasteiger partial charge on any atom is -0.372 e. The normalized spacial score (nSPS) is 14.3. The maximum Gasteiger partial charge on any atom is 0.266 e. The summed E-state index contributed by atoms with van der Waals surface area (Å²) in [6.07, 6.45) is 8.78. The smallest absolute Gasteiger partial charge is 0.266 e. The summed E-state index contributed by atoms with van der Waals surface area (Å²) in [4.78, 5) is 14.9. The Labute approximate surface area is 173 Å². The van der Waals surface area contributed by atoms with E-state index in [-0.39, 0.29) is 11.5 Å². The van der Waals surface area contributed by atoms with Crippen molar-refractivity contribution < 1.29 is 4.79 Å². The van der Waals surface area contributed by atoms with Gasteiger partial charge in [-0.3, -0.25) is 4.79 Å². The van der Waals surface area contributed by atoms with Gasteiger partial charge in [0.2, 0.25) is 0 Å². The number of carbonyl (C=O) groups is 1. The van der Waals surface area contributed by atoms with Gasteiger partial charge in [-0.15, -0.1) is 0 Å². The average Bonchev–Trinajstić information content (AvgIpc) is 2.78. The summed E-state index contributed by atoms with van der Waals surface area (Å²) in [5.41, 5.74) is 4.12. The lowest BCUT2D eigenvalue weighted by Gasteiger charge is -2.28. The summed E-state index contributed by atoms with van der Waals surface area (Å²) < 4.78 is 0. The molecule has 0 spiro atoms. The molecule has 1 amide bonds. The summed E-state index contributed by atoms with van der Waals surface area (Å²) in [5, 5.41) is 12.3. The fraction of sp³-hybridized carbons (Fsp3) is 0.360. The molecule has 150 valence electrons. The third-order valence-corrected chi connectivity index (χ3v) is 5.32. The van der Waals surface area contributed by atoms with E-state index in [1.54, 1.807) is 6.08 Å². The predicted octanol–water partition coefficient (Wildman–Crippen LogP) is 5.57. The molecule has 0 unspecified atom stereocenters. The Morgan fingerprint density at radius 1 is 1.07 bits per heavy atom. The first-order chi connectivity index (χ1) is 14.2. The van der Waals surface area contributed by atoms with Crippen LogP contribution in [0.1, 0.15) is 50.2 Å². The number of nitrogens with zero attached hydrogens (tertiary/aromatic N) is 2. The van der Waals surface area contributed by atoms with Crippen LogP contribution in [0.2, 0.25) is 0 Å². The molecule has 0 saturated carbocycles. The number of hydrogen-bond acceptors (Lipinski definition) is 3. The highest BCUT2D eigenvalue weighted by atomic mass is 16.1. The second-order valence-electron chi connectivity index (χ2n) is 7.56. The molecular weight excluding hydrogens is 358 g/mol. The van der Waals surface area contributed by atoms with Gasteiger partial charge in [-0.2, -0.15) is 5.26 Å². The lowest BCUT2D eigenvalue weighted by Crippen LogP contribution is -2.29. The summed E-state index contributed by atoms with van der Waals surface area (Å²) in [5.74, 6) is -0.381. The number of hydrogen-bond donors (Lipinski definition) is 1. The second-order valence-corrected chi connectivity index (χ2v) is 7.56. The van der Waals surface area contributed by atoms with Crippen molar-refractivity contribution in [3.63, 3.8) is 0 Å². The van der Waals surface area contributed by atoms with Crippen molar-refractivity contribution in [3.05, 3.63) is 65.2 Å². The number of amides is 1. The zero-order valence-electron chi connectivity index (χ0n) is 17.2. The van der Waals surface area contributed by atoms with E-state index in [4.69, 9.17) is 0 Å². The Morgan fingerprint density at radius 3 is 2.38 bits per heavy atom. The van der Waals surface area contributed by atoms with E-state index in [0.29, 0.717) is 5.69 Å². The zero-order chi connectivity index (χ0) is 20.5. The van der Waals surface area contributed by atoms with Gasteiger partial charge in [-0.1, -0.05) is 37.6 Å². The van der Waals surface area contributed by atoms with Gasteiger partial charge in [0.05, 0.1) is 0 Å². The van der Waals surface area contributed by atoms with Crippen LogP contribution in [-0.4, -0.2) is 19.0 Å². The van der Waals surface area contributed by atoms with Crippen LogP contribution < -0.4 is 10.2 Å². The molecule has 4 heteroatoms. The standard InChI is InChI=1S/C25H29N3O/c1-2-3-7-20-8-12-23(13-9-20)27-25(29)22(19-26)18-21-10-14-24(15-11-21)28-16-5-4-6-17-28/h8-15,18H,2-7,16-17H2,1H3,(H,27,29)/b22-18+. The number of unbranched alkanes of at least 4 members (excludes halogenated alkanes) is 1. The molecule has 1 aliphatic rings. The van der Waals surface area contributed by atoms with Crippen molar-refractivity contribution in [1.82, 2.24) is 0 Å². The molecule has 0 atom stereocenters. The Kier molecular flexibility index (Phi) is 7.47. The molecule has 1 saturated heterocycles. The third-order valence-electron chi connectivity index (χ3n) is 5.32. The van der Waals surface area contributed by atoms with Gasteiger partial charge < -0.3 is 10.2 Å². The van der Waals surface area contributed by atoms with E-state index >= 15 is 0 Å². The van der Waals surface area contributed by atoms with Crippen molar-refractivity contribution >= 4 is 23.4 Å². The van der Waals surface area contributed by atoms with Crippen molar-refractivity contribution in [2.24, 2.45) is 0 Å². The van der Waals surface area contributed by atoms with Crippen LogP contribution in [-0.2, 0) is 11.2 Å². The number of piperidine rings is 1. The van der Waals surface area contributed by atoms with Crippen molar-refractivity contribution in [2.75, 3.05) is 23.3 Å². The lowest BCUT2D eigenvalue weighted by atomic mass is 10.1. The van der Waals surface area contributed by atoms with Crippen LogP contribution in [0.5, 0.6) is 0 Å². The van der Waals surface area contributed by atoms with E-state index in [9.17, 15) is 10.1 Å². The maximum absolute atomic E-state index is 12.5. The second kappa shape index (κ2) is 10.5. The predicted molar refractivity (Wildman–Crippen MR) is 120 cm³/mol. The number of nitrogens with one attached hydrogen (secondary N) is 1. The molecule has 1 N–H and O–H groups in total. The first-order valence-electron chi connectivity index (χ1n) is 10.6. The molecule has 0 radical (unpaired) electrons. The minimum atomic E-state index is -0.381.